The van der Waals surface area contributed by atoms with Gasteiger partial charge in [0.15, 0.2) is 0 Å². The van der Waals surface area contributed by atoms with Crippen molar-refractivity contribution < 1.29 is 60.0 Å². The summed E-state index contributed by atoms with van der Waals surface area (Å²) < 4.78 is 0. The molecule has 0 amide bonds. The SMILES string of the molecule is CCC(c1ccccc1)c1ccccc1.O=C(O)O.O=C(O)O.O=C(O)O.O=C(O)O. The highest BCUT2D eigenvalue weighted by Gasteiger charge is 2.10. The van der Waals surface area contributed by atoms with E-state index < -0.39 is 24.6 Å². The van der Waals surface area contributed by atoms with E-state index in [4.69, 9.17) is 60.0 Å². The molecule has 2 aromatic carbocycles. The van der Waals surface area contributed by atoms with Crippen LogP contribution in [0.1, 0.15) is 30.4 Å². The van der Waals surface area contributed by atoms with Crippen molar-refractivity contribution in [1.29, 1.82) is 0 Å². The zero-order chi connectivity index (χ0) is 24.8. The van der Waals surface area contributed by atoms with Crippen LogP contribution in [0.15, 0.2) is 60.7 Å². The van der Waals surface area contributed by atoms with Crippen molar-refractivity contribution in [3.8, 4) is 0 Å². The first-order chi connectivity index (χ1) is 14.3. The zero-order valence-electron chi connectivity index (χ0n) is 16.3. The normalized spacial score (nSPS) is 8.19. The summed E-state index contributed by atoms with van der Waals surface area (Å²) in [6.45, 7) is 2.24. The van der Waals surface area contributed by atoms with Crippen molar-refractivity contribution in [2.45, 2.75) is 19.3 Å². The molecule has 0 saturated heterocycles. The molecule has 0 saturated carbocycles. The van der Waals surface area contributed by atoms with Gasteiger partial charge in [-0.25, -0.2) is 19.2 Å². The van der Waals surface area contributed by atoms with Crippen molar-refractivity contribution in [1.82, 2.24) is 0 Å². The minimum absolute atomic E-state index is 0.535. The Morgan fingerprint density at radius 1 is 0.548 bits per heavy atom. The Labute approximate surface area is 176 Å². The predicted molar refractivity (Wildman–Crippen MR) is 108 cm³/mol. The number of hydrogen-bond acceptors (Lipinski definition) is 4. The van der Waals surface area contributed by atoms with E-state index in [-0.39, 0.29) is 0 Å². The summed E-state index contributed by atoms with van der Waals surface area (Å²) in [7, 11) is 0. The lowest BCUT2D eigenvalue weighted by atomic mass is 9.89. The summed E-state index contributed by atoms with van der Waals surface area (Å²) >= 11 is 0. The van der Waals surface area contributed by atoms with Gasteiger partial charge < -0.3 is 40.9 Å². The van der Waals surface area contributed by atoms with Gasteiger partial charge in [0, 0.05) is 5.92 Å². The molecule has 0 spiro atoms. The maximum absolute atomic E-state index is 8.56. The molecular weight excluding hydrogens is 420 g/mol. The van der Waals surface area contributed by atoms with E-state index in [0.29, 0.717) is 5.92 Å². The summed E-state index contributed by atoms with van der Waals surface area (Å²) in [6.07, 6.45) is -6.19. The van der Waals surface area contributed by atoms with Crippen LogP contribution in [0.25, 0.3) is 0 Å². The Kier molecular flexibility index (Phi) is 20.4. The van der Waals surface area contributed by atoms with E-state index in [9.17, 15) is 0 Å². The monoisotopic (exact) mass is 444 g/mol. The van der Waals surface area contributed by atoms with E-state index in [1.807, 2.05) is 0 Å². The molecule has 12 heteroatoms. The molecule has 0 heterocycles. The predicted octanol–water partition coefficient (Wildman–Crippen LogP) is 5.12. The van der Waals surface area contributed by atoms with Gasteiger partial charge in [-0.3, -0.25) is 0 Å². The van der Waals surface area contributed by atoms with Crippen molar-refractivity contribution in [2.75, 3.05) is 0 Å². The van der Waals surface area contributed by atoms with Crippen LogP contribution >= 0.6 is 0 Å². The van der Waals surface area contributed by atoms with E-state index in [0.717, 1.165) is 6.42 Å². The third kappa shape index (κ3) is 30.5. The van der Waals surface area contributed by atoms with Crippen LogP contribution in [0.3, 0.4) is 0 Å². The second kappa shape index (κ2) is 20.3. The summed E-state index contributed by atoms with van der Waals surface area (Å²) in [6, 6.07) is 21.4. The van der Waals surface area contributed by atoms with Crippen LogP contribution in [0.2, 0.25) is 0 Å². The Morgan fingerprint density at radius 3 is 0.903 bits per heavy atom. The van der Waals surface area contributed by atoms with Gasteiger partial charge in [0.25, 0.3) is 0 Å². The summed E-state index contributed by atoms with van der Waals surface area (Å²) in [5.41, 5.74) is 2.82. The average Bonchev–Trinajstić information content (AvgIpc) is 2.62. The number of hydrogen-bond donors (Lipinski definition) is 8. The van der Waals surface area contributed by atoms with Crippen LogP contribution in [0.4, 0.5) is 19.2 Å². The van der Waals surface area contributed by atoms with Crippen molar-refractivity contribution >= 4 is 24.6 Å². The smallest absolute Gasteiger partial charge is 0.450 e. The van der Waals surface area contributed by atoms with Gasteiger partial charge >= 0.3 is 24.6 Å². The van der Waals surface area contributed by atoms with E-state index in [1.54, 1.807) is 0 Å². The molecular formula is C19H24O12. The summed E-state index contributed by atoms with van der Waals surface area (Å²) in [5, 5.41) is 55.8. The number of benzene rings is 2. The van der Waals surface area contributed by atoms with Gasteiger partial charge in [-0.15, -0.1) is 0 Å². The molecule has 0 aromatic heterocycles. The summed E-state index contributed by atoms with van der Waals surface area (Å²) in [5.74, 6) is 0.535. The lowest BCUT2D eigenvalue weighted by molar-refractivity contribution is 0.135. The van der Waals surface area contributed by atoms with Gasteiger partial charge in [-0.05, 0) is 17.5 Å². The van der Waals surface area contributed by atoms with Crippen LogP contribution in [-0.4, -0.2) is 65.5 Å². The number of carbonyl (C=O) groups is 4. The average molecular weight is 444 g/mol. The van der Waals surface area contributed by atoms with Gasteiger partial charge in [-0.2, -0.15) is 0 Å². The standard InChI is InChI=1S/C15H16.4CH2O3/c1-2-15(13-9-5-3-6-10-13)14-11-7-4-8-12-14;4*2-1(3)4/h3-12,15H,2H2,1H3;4*(H2,2,3,4). The Hall–Kier alpha value is -4.48. The molecule has 0 atom stereocenters. The summed E-state index contributed by atoms with van der Waals surface area (Å²) in [4.78, 5) is 34.2. The first kappa shape index (κ1) is 31.2. The maximum Gasteiger partial charge on any atom is 0.503 e. The molecule has 172 valence electrons. The first-order valence-electron chi connectivity index (χ1n) is 8.12. The Balaban J connectivity index is -0.000000404. The van der Waals surface area contributed by atoms with Crippen molar-refractivity contribution in [2.24, 2.45) is 0 Å². The topological polar surface area (TPSA) is 230 Å². The molecule has 0 fully saturated rings. The van der Waals surface area contributed by atoms with Crippen LogP contribution in [0, 0.1) is 0 Å². The Morgan fingerprint density at radius 2 is 0.742 bits per heavy atom. The number of rotatable bonds is 3. The zero-order valence-corrected chi connectivity index (χ0v) is 16.3. The highest BCUT2D eigenvalue weighted by molar-refractivity contribution is 5.54. The lowest BCUT2D eigenvalue weighted by Crippen LogP contribution is -1.98. The maximum atomic E-state index is 8.56. The molecule has 8 N–H and O–H groups in total. The Bertz CT molecular complexity index is 643. The van der Waals surface area contributed by atoms with Gasteiger partial charge in [0.05, 0.1) is 0 Å². The molecule has 0 radical (unpaired) electrons. The van der Waals surface area contributed by atoms with E-state index in [2.05, 4.69) is 67.6 Å². The second-order valence-electron chi connectivity index (χ2n) is 4.91. The highest BCUT2D eigenvalue weighted by Crippen LogP contribution is 2.26. The fourth-order valence-corrected chi connectivity index (χ4v) is 2.03. The molecule has 0 bridgehead atoms. The second-order valence-corrected chi connectivity index (χ2v) is 4.91. The molecule has 2 aromatic rings. The van der Waals surface area contributed by atoms with Gasteiger partial charge in [0.1, 0.15) is 0 Å². The third-order valence-corrected chi connectivity index (χ3v) is 2.81. The molecule has 2 rings (SSSR count). The van der Waals surface area contributed by atoms with Crippen molar-refractivity contribution in [3.05, 3.63) is 71.8 Å². The van der Waals surface area contributed by atoms with Crippen molar-refractivity contribution in [3.63, 3.8) is 0 Å². The van der Waals surface area contributed by atoms with Gasteiger partial charge in [-0.1, -0.05) is 67.6 Å². The third-order valence-electron chi connectivity index (χ3n) is 2.81. The van der Waals surface area contributed by atoms with E-state index >= 15 is 0 Å². The minimum Gasteiger partial charge on any atom is -0.450 e. The van der Waals surface area contributed by atoms with Crippen LogP contribution in [-0.2, 0) is 0 Å². The van der Waals surface area contributed by atoms with Gasteiger partial charge in [0.2, 0.25) is 0 Å². The van der Waals surface area contributed by atoms with Crippen LogP contribution in [0.5, 0.6) is 0 Å². The fraction of sp³-hybridized carbons (Fsp3) is 0.158. The molecule has 0 aliphatic heterocycles. The largest absolute Gasteiger partial charge is 0.503 e. The lowest BCUT2D eigenvalue weighted by Gasteiger charge is -2.15. The molecule has 31 heavy (non-hydrogen) atoms. The number of carboxylic acid groups (broad SMARTS) is 8. The first-order valence-corrected chi connectivity index (χ1v) is 8.12. The molecule has 12 nitrogen and oxygen atoms in total. The highest BCUT2D eigenvalue weighted by atomic mass is 16.6. The fourth-order valence-electron chi connectivity index (χ4n) is 2.03. The van der Waals surface area contributed by atoms with E-state index in [1.165, 1.54) is 11.1 Å². The molecule has 0 aliphatic carbocycles. The molecule has 0 unspecified atom stereocenters. The van der Waals surface area contributed by atoms with Crippen LogP contribution < -0.4 is 0 Å². The molecule has 0 aliphatic rings. The minimum atomic E-state index is -1.83. The quantitative estimate of drug-likeness (QED) is 0.308.